The molecule has 1 aromatic carbocycles. The lowest BCUT2D eigenvalue weighted by atomic mass is 10.2. The molecule has 0 aromatic heterocycles. The molecule has 1 aliphatic rings. The number of hydrogen-bond donors (Lipinski definition) is 1. The number of benzene rings is 1. The molecule has 0 unspecified atom stereocenters. The molecule has 0 atom stereocenters. The number of methoxy groups -OCH3 is 1. The van der Waals surface area contributed by atoms with Gasteiger partial charge < -0.3 is 9.84 Å². The molecule has 2 rings (SSSR count). The van der Waals surface area contributed by atoms with Crippen molar-refractivity contribution >= 4 is 26.0 Å². The highest BCUT2D eigenvalue weighted by Crippen LogP contribution is 2.31. The summed E-state index contributed by atoms with van der Waals surface area (Å²) in [4.78, 5) is 0.112. The van der Waals surface area contributed by atoms with Crippen molar-refractivity contribution < 1.29 is 18.3 Å². The zero-order chi connectivity index (χ0) is 12.6. The van der Waals surface area contributed by atoms with Crippen molar-refractivity contribution in [1.29, 1.82) is 0 Å². The number of halogens is 1. The molecular formula is C10H12BrNO4S. The van der Waals surface area contributed by atoms with Crippen molar-refractivity contribution in [2.24, 2.45) is 0 Å². The average molecular weight is 322 g/mol. The molecule has 1 heterocycles. The molecule has 0 aliphatic carbocycles. The second-order valence-electron chi connectivity index (χ2n) is 3.77. The van der Waals surface area contributed by atoms with E-state index in [0.29, 0.717) is 10.2 Å². The highest BCUT2D eigenvalue weighted by Gasteiger charge is 2.37. The fourth-order valence-corrected chi connectivity index (χ4v) is 3.81. The number of β-amino-alcohol motifs (C(OH)–C–C–N with tert-alkyl or cyclic N) is 1. The highest BCUT2D eigenvalue weighted by molar-refractivity contribution is 9.10. The van der Waals surface area contributed by atoms with E-state index in [1.165, 1.54) is 17.5 Å². The Bertz CT molecular complexity index is 525. The van der Waals surface area contributed by atoms with Crippen LogP contribution in [0.2, 0.25) is 0 Å². The third-order valence-electron chi connectivity index (χ3n) is 2.57. The summed E-state index contributed by atoms with van der Waals surface area (Å²) in [7, 11) is -2.16. The lowest BCUT2D eigenvalue weighted by Gasteiger charge is -2.34. The van der Waals surface area contributed by atoms with Crippen molar-refractivity contribution in [2.45, 2.75) is 11.0 Å². The van der Waals surface area contributed by atoms with Gasteiger partial charge in [0.05, 0.1) is 13.2 Å². The molecule has 0 saturated carbocycles. The van der Waals surface area contributed by atoms with Gasteiger partial charge in [-0.1, -0.05) is 15.9 Å². The summed E-state index contributed by atoms with van der Waals surface area (Å²) in [6.45, 7) is 0.274. The molecule has 0 bridgehead atoms. The molecule has 0 spiro atoms. The van der Waals surface area contributed by atoms with Gasteiger partial charge in [-0.25, -0.2) is 8.42 Å². The van der Waals surface area contributed by atoms with Crippen LogP contribution < -0.4 is 4.74 Å². The normalized spacial score (nSPS) is 17.8. The average Bonchev–Trinajstić information content (AvgIpc) is 2.24. The van der Waals surface area contributed by atoms with Crippen molar-refractivity contribution in [3.63, 3.8) is 0 Å². The van der Waals surface area contributed by atoms with Gasteiger partial charge in [-0.3, -0.25) is 0 Å². The maximum Gasteiger partial charge on any atom is 0.246 e. The zero-order valence-corrected chi connectivity index (χ0v) is 11.5. The Kier molecular flexibility index (Phi) is 3.44. The Morgan fingerprint density at radius 3 is 2.65 bits per heavy atom. The van der Waals surface area contributed by atoms with Crippen LogP contribution in [0.25, 0.3) is 0 Å². The minimum Gasteiger partial charge on any atom is -0.495 e. The topological polar surface area (TPSA) is 66.8 Å². The van der Waals surface area contributed by atoms with Crippen molar-refractivity contribution in [1.82, 2.24) is 4.31 Å². The molecule has 1 N–H and O–H groups in total. The number of aliphatic hydroxyl groups excluding tert-OH is 1. The number of aliphatic hydroxyl groups is 1. The maximum absolute atomic E-state index is 12.2. The van der Waals surface area contributed by atoms with E-state index in [4.69, 9.17) is 9.84 Å². The van der Waals surface area contributed by atoms with Crippen LogP contribution in [0.4, 0.5) is 0 Å². The van der Waals surface area contributed by atoms with Gasteiger partial charge in [0.15, 0.2) is 0 Å². The van der Waals surface area contributed by atoms with Crippen LogP contribution in [0.15, 0.2) is 27.6 Å². The van der Waals surface area contributed by atoms with Gasteiger partial charge in [-0.05, 0) is 18.2 Å². The Labute approximate surface area is 108 Å². The van der Waals surface area contributed by atoms with Crippen LogP contribution in [0.5, 0.6) is 5.75 Å². The van der Waals surface area contributed by atoms with Gasteiger partial charge in [0.25, 0.3) is 0 Å². The summed E-state index contributed by atoms with van der Waals surface area (Å²) >= 11 is 3.23. The smallest absolute Gasteiger partial charge is 0.246 e. The second-order valence-corrected chi connectivity index (χ2v) is 6.59. The van der Waals surface area contributed by atoms with Gasteiger partial charge in [0.2, 0.25) is 10.0 Å². The molecule has 0 amide bonds. The number of rotatable bonds is 3. The van der Waals surface area contributed by atoms with E-state index >= 15 is 0 Å². The first kappa shape index (κ1) is 12.8. The fourth-order valence-electron chi connectivity index (χ4n) is 1.60. The molecular weight excluding hydrogens is 310 g/mol. The third kappa shape index (κ3) is 2.33. The summed E-state index contributed by atoms with van der Waals surface area (Å²) < 4.78 is 31.3. The van der Waals surface area contributed by atoms with Crippen LogP contribution in [-0.4, -0.2) is 44.1 Å². The van der Waals surface area contributed by atoms with E-state index in [9.17, 15) is 8.42 Å². The molecule has 1 aromatic rings. The largest absolute Gasteiger partial charge is 0.495 e. The van der Waals surface area contributed by atoms with Gasteiger partial charge in [-0.2, -0.15) is 4.31 Å². The summed E-state index contributed by atoms with van der Waals surface area (Å²) in [6.07, 6.45) is -0.567. The van der Waals surface area contributed by atoms with Crippen molar-refractivity contribution in [3.05, 3.63) is 22.7 Å². The lowest BCUT2D eigenvalue weighted by molar-refractivity contribution is 0.0547. The van der Waals surface area contributed by atoms with E-state index in [1.807, 2.05) is 0 Å². The summed E-state index contributed by atoms with van der Waals surface area (Å²) in [5, 5.41) is 9.16. The van der Waals surface area contributed by atoms with Crippen LogP contribution >= 0.6 is 15.9 Å². The molecule has 5 nitrogen and oxygen atoms in total. The molecule has 0 radical (unpaired) electrons. The van der Waals surface area contributed by atoms with E-state index in [2.05, 4.69) is 15.9 Å². The first-order chi connectivity index (χ1) is 7.95. The van der Waals surface area contributed by atoms with Crippen LogP contribution in [0.3, 0.4) is 0 Å². The van der Waals surface area contributed by atoms with E-state index in [0.717, 1.165) is 0 Å². The summed E-state index contributed by atoms with van der Waals surface area (Å²) in [6, 6.07) is 4.80. The summed E-state index contributed by atoms with van der Waals surface area (Å²) in [5.41, 5.74) is 0. The minimum atomic E-state index is -3.58. The van der Waals surface area contributed by atoms with Gasteiger partial charge in [-0.15, -0.1) is 0 Å². The van der Waals surface area contributed by atoms with E-state index in [1.54, 1.807) is 12.1 Å². The second kappa shape index (κ2) is 4.56. The zero-order valence-electron chi connectivity index (χ0n) is 9.13. The first-order valence-electron chi connectivity index (χ1n) is 4.97. The number of hydrogen-bond acceptors (Lipinski definition) is 4. The molecule has 7 heteroatoms. The Hall–Kier alpha value is -0.630. The predicted molar refractivity (Wildman–Crippen MR) is 65.5 cm³/mol. The van der Waals surface area contributed by atoms with Crippen LogP contribution in [0, 0.1) is 0 Å². The predicted octanol–water partition coefficient (Wildman–Crippen LogP) is 0.823. The van der Waals surface area contributed by atoms with Crippen LogP contribution in [0.1, 0.15) is 0 Å². The standard InChI is InChI=1S/C10H12BrNO4S/c1-16-9-3-2-7(11)4-10(9)17(14,15)12-5-8(13)6-12/h2-4,8,13H,5-6H2,1H3. The van der Waals surface area contributed by atoms with E-state index in [-0.39, 0.29) is 18.0 Å². The quantitative estimate of drug-likeness (QED) is 0.895. The maximum atomic E-state index is 12.2. The first-order valence-corrected chi connectivity index (χ1v) is 7.20. The Morgan fingerprint density at radius 2 is 2.12 bits per heavy atom. The van der Waals surface area contributed by atoms with Crippen molar-refractivity contribution in [3.8, 4) is 5.75 Å². The molecule has 1 aliphatic heterocycles. The van der Waals surface area contributed by atoms with Gasteiger partial charge in [0, 0.05) is 17.6 Å². The number of sulfonamides is 1. The van der Waals surface area contributed by atoms with E-state index < -0.39 is 16.1 Å². The summed E-state index contributed by atoms with van der Waals surface area (Å²) in [5.74, 6) is 0.301. The molecule has 17 heavy (non-hydrogen) atoms. The van der Waals surface area contributed by atoms with Crippen LogP contribution in [-0.2, 0) is 10.0 Å². The fraction of sp³-hybridized carbons (Fsp3) is 0.400. The molecule has 94 valence electrons. The lowest BCUT2D eigenvalue weighted by Crippen LogP contribution is -2.53. The third-order valence-corrected chi connectivity index (χ3v) is 4.92. The minimum absolute atomic E-state index is 0.112. The van der Waals surface area contributed by atoms with Crippen molar-refractivity contribution in [2.75, 3.05) is 20.2 Å². The molecule has 1 fully saturated rings. The van der Waals surface area contributed by atoms with Gasteiger partial charge >= 0.3 is 0 Å². The highest BCUT2D eigenvalue weighted by atomic mass is 79.9. The number of ether oxygens (including phenoxy) is 1. The SMILES string of the molecule is COc1ccc(Br)cc1S(=O)(=O)N1CC(O)C1. The monoisotopic (exact) mass is 321 g/mol. The number of nitrogens with zero attached hydrogens (tertiary/aromatic N) is 1. The molecule has 1 saturated heterocycles. The van der Waals surface area contributed by atoms with Gasteiger partial charge in [0.1, 0.15) is 10.6 Å². The Balaban J connectivity index is 2.42. The Morgan fingerprint density at radius 1 is 1.47 bits per heavy atom.